The highest BCUT2D eigenvalue weighted by atomic mass is 35.5. The van der Waals surface area contributed by atoms with Crippen molar-refractivity contribution in [2.45, 2.75) is 0 Å². The van der Waals surface area contributed by atoms with E-state index in [0.717, 1.165) is 11.6 Å². The van der Waals surface area contributed by atoms with Gasteiger partial charge < -0.3 is 9.52 Å². The van der Waals surface area contributed by atoms with E-state index in [9.17, 15) is 14.3 Å². The number of aromatic nitrogens is 1. The smallest absolute Gasteiger partial charge is 0.258 e. The number of nitrogens with zero attached hydrogens (tertiary/aromatic N) is 1. The topological polar surface area (TPSA) is 75.4 Å². The zero-order chi connectivity index (χ0) is 24.4. The standard InChI is InChI=1S/C28H18ClFN2O3/c29-23-13-7-6-12-22(23)25-28(35-27(31-25)17-8-2-1-3-9-17)32-26(34)21-11-5-4-10-19(21)20-15-14-18(30)16-24(20)33/h1-16,33H,(H,32,34). The van der Waals surface area contributed by atoms with Crippen LogP contribution >= 0.6 is 11.6 Å². The molecule has 0 spiro atoms. The third kappa shape index (κ3) is 4.52. The molecule has 172 valence electrons. The number of carbonyl (C=O) groups is 1. The van der Waals surface area contributed by atoms with Crippen LogP contribution in [0.15, 0.2) is 101 Å². The van der Waals surface area contributed by atoms with Crippen LogP contribution in [0.4, 0.5) is 10.3 Å². The van der Waals surface area contributed by atoms with Crippen molar-refractivity contribution < 1.29 is 18.7 Å². The van der Waals surface area contributed by atoms with Crippen LogP contribution in [0.5, 0.6) is 5.75 Å². The van der Waals surface area contributed by atoms with E-state index in [4.69, 9.17) is 16.0 Å². The first-order valence-electron chi connectivity index (χ1n) is 10.7. The van der Waals surface area contributed by atoms with Crippen molar-refractivity contribution in [3.8, 4) is 39.6 Å². The van der Waals surface area contributed by atoms with Gasteiger partial charge in [0.2, 0.25) is 11.8 Å². The van der Waals surface area contributed by atoms with E-state index >= 15 is 0 Å². The number of benzene rings is 4. The third-order valence-electron chi connectivity index (χ3n) is 5.43. The quantitative estimate of drug-likeness (QED) is 0.272. The van der Waals surface area contributed by atoms with E-state index in [1.807, 2.05) is 36.4 Å². The van der Waals surface area contributed by atoms with Crippen LogP contribution in [0.2, 0.25) is 5.02 Å². The molecule has 0 atom stereocenters. The lowest BCUT2D eigenvalue weighted by Crippen LogP contribution is -2.13. The molecule has 5 nitrogen and oxygen atoms in total. The van der Waals surface area contributed by atoms with Crippen LogP contribution in [-0.2, 0) is 0 Å². The Bertz CT molecular complexity index is 1530. The molecule has 2 N–H and O–H groups in total. The van der Waals surface area contributed by atoms with Crippen LogP contribution in [0.25, 0.3) is 33.8 Å². The maximum absolute atomic E-state index is 13.5. The molecule has 0 aliphatic carbocycles. The second-order valence-corrected chi connectivity index (χ2v) is 8.11. The monoisotopic (exact) mass is 484 g/mol. The van der Waals surface area contributed by atoms with Crippen molar-refractivity contribution >= 4 is 23.4 Å². The molecular weight excluding hydrogens is 467 g/mol. The maximum atomic E-state index is 13.5. The number of hydrogen-bond acceptors (Lipinski definition) is 4. The Hall–Kier alpha value is -4.42. The molecule has 0 aliphatic heterocycles. The summed E-state index contributed by atoms with van der Waals surface area (Å²) in [5, 5.41) is 13.5. The Morgan fingerprint density at radius 3 is 2.29 bits per heavy atom. The number of phenolic OH excluding ortho intramolecular Hbond substituents is 1. The van der Waals surface area contributed by atoms with Crippen molar-refractivity contribution in [3.63, 3.8) is 0 Å². The van der Waals surface area contributed by atoms with Gasteiger partial charge in [0.05, 0.1) is 5.02 Å². The molecule has 7 heteroatoms. The first kappa shape index (κ1) is 22.4. The van der Waals surface area contributed by atoms with Gasteiger partial charge in [-0.2, -0.15) is 0 Å². The molecule has 5 rings (SSSR count). The second-order valence-electron chi connectivity index (χ2n) is 7.70. The molecule has 0 saturated carbocycles. The van der Waals surface area contributed by atoms with Crippen LogP contribution in [0, 0.1) is 5.82 Å². The summed E-state index contributed by atoms with van der Waals surface area (Å²) in [7, 11) is 0. The summed E-state index contributed by atoms with van der Waals surface area (Å²) in [6.45, 7) is 0. The second kappa shape index (κ2) is 9.44. The Kier molecular flexibility index (Phi) is 6.04. The van der Waals surface area contributed by atoms with Gasteiger partial charge in [-0.05, 0) is 42.0 Å². The van der Waals surface area contributed by atoms with Crippen molar-refractivity contribution in [2.24, 2.45) is 0 Å². The van der Waals surface area contributed by atoms with Gasteiger partial charge in [-0.15, -0.1) is 0 Å². The number of carbonyl (C=O) groups excluding carboxylic acids is 1. The maximum Gasteiger partial charge on any atom is 0.258 e. The van der Waals surface area contributed by atoms with Crippen molar-refractivity contribution in [1.29, 1.82) is 0 Å². The molecule has 5 aromatic rings. The van der Waals surface area contributed by atoms with E-state index in [0.29, 0.717) is 33.3 Å². The number of aromatic hydroxyl groups is 1. The largest absolute Gasteiger partial charge is 0.507 e. The normalized spacial score (nSPS) is 10.8. The molecule has 0 unspecified atom stereocenters. The molecule has 4 aromatic carbocycles. The van der Waals surface area contributed by atoms with E-state index < -0.39 is 11.7 Å². The van der Waals surface area contributed by atoms with E-state index in [2.05, 4.69) is 10.3 Å². The lowest BCUT2D eigenvalue weighted by molar-refractivity contribution is 0.102. The average molecular weight is 485 g/mol. The van der Waals surface area contributed by atoms with Gasteiger partial charge in [0, 0.05) is 28.3 Å². The zero-order valence-corrected chi connectivity index (χ0v) is 19.0. The first-order valence-corrected chi connectivity index (χ1v) is 11.1. The van der Waals surface area contributed by atoms with Gasteiger partial charge in [0.25, 0.3) is 5.91 Å². The highest BCUT2D eigenvalue weighted by Crippen LogP contribution is 2.37. The van der Waals surface area contributed by atoms with Gasteiger partial charge in [0.15, 0.2) is 0 Å². The summed E-state index contributed by atoms with van der Waals surface area (Å²) in [6, 6.07) is 26.8. The molecule has 0 aliphatic rings. The average Bonchev–Trinajstić information content (AvgIpc) is 3.28. The summed E-state index contributed by atoms with van der Waals surface area (Å²) < 4.78 is 19.5. The minimum atomic E-state index is -0.576. The summed E-state index contributed by atoms with van der Waals surface area (Å²) in [5.74, 6) is -0.894. The summed E-state index contributed by atoms with van der Waals surface area (Å²) in [5.41, 5.74) is 2.73. The zero-order valence-electron chi connectivity index (χ0n) is 18.2. The van der Waals surface area contributed by atoms with Crippen molar-refractivity contribution in [1.82, 2.24) is 4.98 Å². The fraction of sp³-hybridized carbons (Fsp3) is 0. The molecule has 1 aromatic heterocycles. The molecule has 0 fully saturated rings. The van der Waals surface area contributed by atoms with Crippen LogP contribution in [0.1, 0.15) is 10.4 Å². The molecule has 0 radical (unpaired) electrons. The molecule has 0 bridgehead atoms. The van der Waals surface area contributed by atoms with Gasteiger partial charge in [-0.1, -0.05) is 66.2 Å². The number of halogens is 2. The predicted octanol–water partition coefficient (Wildman–Crippen LogP) is 7.43. The molecule has 1 amide bonds. The van der Waals surface area contributed by atoms with Gasteiger partial charge >= 0.3 is 0 Å². The summed E-state index contributed by atoms with van der Waals surface area (Å²) in [4.78, 5) is 18.0. The summed E-state index contributed by atoms with van der Waals surface area (Å²) >= 11 is 6.42. The summed E-state index contributed by atoms with van der Waals surface area (Å²) in [6.07, 6.45) is 0. The van der Waals surface area contributed by atoms with Gasteiger partial charge in [-0.25, -0.2) is 9.37 Å². The highest BCUT2D eigenvalue weighted by molar-refractivity contribution is 6.33. The molecule has 1 heterocycles. The molecular formula is C28H18ClFN2O3. The lowest BCUT2D eigenvalue weighted by atomic mass is 9.98. The van der Waals surface area contributed by atoms with E-state index in [1.165, 1.54) is 12.1 Å². The highest BCUT2D eigenvalue weighted by Gasteiger charge is 2.22. The minimum absolute atomic E-state index is 0.125. The molecule has 0 saturated heterocycles. The third-order valence-corrected chi connectivity index (χ3v) is 5.76. The Labute approximate surface area is 205 Å². The first-order chi connectivity index (χ1) is 17.0. The predicted molar refractivity (Wildman–Crippen MR) is 134 cm³/mol. The Morgan fingerprint density at radius 2 is 1.54 bits per heavy atom. The van der Waals surface area contributed by atoms with Crippen molar-refractivity contribution in [3.05, 3.63) is 113 Å². The number of rotatable bonds is 5. The molecule has 35 heavy (non-hydrogen) atoms. The number of oxazole rings is 1. The fourth-order valence-corrected chi connectivity index (χ4v) is 3.99. The number of anilines is 1. The number of phenols is 1. The lowest BCUT2D eigenvalue weighted by Gasteiger charge is -2.11. The minimum Gasteiger partial charge on any atom is -0.507 e. The van der Waals surface area contributed by atoms with E-state index in [1.54, 1.807) is 42.5 Å². The van der Waals surface area contributed by atoms with Crippen LogP contribution in [0.3, 0.4) is 0 Å². The number of nitrogens with one attached hydrogen (secondary N) is 1. The van der Waals surface area contributed by atoms with Crippen molar-refractivity contribution in [2.75, 3.05) is 5.32 Å². The van der Waals surface area contributed by atoms with Crippen LogP contribution in [-0.4, -0.2) is 16.0 Å². The van der Waals surface area contributed by atoms with Crippen LogP contribution < -0.4 is 5.32 Å². The number of amides is 1. The van der Waals surface area contributed by atoms with Gasteiger partial charge in [0.1, 0.15) is 17.3 Å². The fourth-order valence-electron chi connectivity index (χ4n) is 3.76. The van der Waals surface area contributed by atoms with Gasteiger partial charge in [-0.3, -0.25) is 10.1 Å². The SMILES string of the molecule is O=C(Nc1oc(-c2ccccc2)nc1-c1ccccc1Cl)c1ccccc1-c1ccc(F)cc1O. The Morgan fingerprint density at radius 1 is 0.857 bits per heavy atom. The van der Waals surface area contributed by atoms with E-state index in [-0.39, 0.29) is 17.2 Å². The number of hydrogen-bond donors (Lipinski definition) is 2. The Balaban J connectivity index is 1.58.